The minimum absolute atomic E-state index is 0.100. The first kappa shape index (κ1) is 28.3. The van der Waals surface area contributed by atoms with Crippen LogP contribution in [0.25, 0.3) is 0 Å². The normalized spacial score (nSPS) is 11.9. The van der Waals surface area contributed by atoms with Crippen LogP contribution in [0.3, 0.4) is 0 Å². The lowest BCUT2D eigenvalue weighted by atomic mass is 10.1. The van der Waals surface area contributed by atoms with Gasteiger partial charge in [0.25, 0.3) is 0 Å². The number of carbonyl (C=O) groups excluding carboxylic acids is 2. The molecule has 0 aliphatic rings. The summed E-state index contributed by atoms with van der Waals surface area (Å²) < 4.78 is 37.0. The van der Waals surface area contributed by atoms with E-state index in [1.807, 2.05) is 0 Å². The highest BCUT2D eigenvalue weighted by Gasteiger charge is 2.32. The van der Waals surface area contributed by atoms with E-state index in [2.05, 4.69) is 5.32 Å². The number of ether oxygens (including phenoxy) is 2. The maximum atomic E-state index is 13.6. The number of benzene rings is 2. The fourth-order valence-corrected chi connectivity index (χ4v) is 4.56. The molecule has 0 radical (unpaired) electrons. The third-order valence-electron chi connectivity index (χ3n) is 5.34. The summed E-state index contributed by atoms with van der Waals surface area (Å²) in [4.78, 5) is 27.8. The molecule has 9 nitrogen and oxygen atoms in total. The fourth-order valence-electron chi connectivity index (χ4n) is 3.58. The van der Waals surface area contributed by atoms with Gasteiger partial charge in [-0.05, 0) is 43.2 Å². The zero-order valence-corrected chi connectivity index (χ0v) is 22.1. The Morgan fingerprint density at radius 3 is 2.23 bits per heavy atom. The number of nitrogens with zero attached hydrogens (tertiary/aromatic N) is 2. The Bertz CT molecular complexity index is 1120. The van der Waals surface area contributed by atoms with Crippen LogP contribution in [0.15, 0.2) is 42.5 Å². The van der Waals surface area contributed by atoms with Crippen LogP contribution in [0.5, 0.6) is 11.5 Å². The molecule has 2 aromatic rings. The Hall–Kier alpha value is -2.98. The van der Waals surface area contributed by atoms with Crippen LogP contribution in [-0.4, -0.2) is 64.7 Å². The zero-order valence-electron chi connectivity index (χ0n) is 20.6. The van der Waals surface area contributed by atoms with Crippen molar-refractivity contribution in [2.75, 3.05) is 37.9 Å². The maximum absolute atomic E-state index is 13.6. The van der Waals surface area contributed by atoms with Crippen LogP contribution >= 0.6 is 11.6 Å². The molecule has 0 bridgehead atoms. The zero-order chi connectivity index (χ0) is 26.2. The molecule has 0 aliphatic heterocycles. The lowest BCUT2D eigenvalue weighted by Gasteiger charge is -2.33. The molecular weight excluding hydrogens is 494 g/mol. The molecule has 1 N–H and O–H groups in total. The number of nitrogens with one attached hydrogen (secondary N) is 1. The molecule has 0 aromatic heterocycles. The van der Waals surface area contributed by atoms with Gasteiger partial charge in [0.15, 0.2) is 0 Å². The van der Waals surface area contributed by atoms with E-state index in [1.165, 1.54) is 31.3 Å². The van der Waals surface area contributed by atoms with E-state index in [0.717, 1.165) is 16.1 Å². The molecule has 2 rings (SSSR count). The van der Waals surface area contributed by atoms with Gasteiger partial charge >= 0.3 is 0 Å². The molecule has 0 saturated carbocycles. The van der Waals surface area contributed by atoms with Crippen molar-refractivity contribution in [1.82, 2.24) is 10.2 Å². The number of methoxy groups -OCH3 is 2. The van der Waals surface area contributed by atoms with Gasteiger partial charge in [-0.25, -0.2) is 8.42 Å². The predicted octanol–water partition coefficient (Wildman–Crippen LogP) is 3.07. The summed E-state index contributed by atoms with van der Waals surface area (Å²) in [6.45, 7) is 3.56. The summed E-state index contributed by atoms with van der Waals surface area (Å²) in [5.74, 6) is -0.161. The van der Waals surface area contributed by atoms with E-state index in [-0.39, 0.29) is 23.9 Å². The number of hydrogen-bond acceptors (Lipinski definition) is 6. The molecule has 2 aromatic carbocycles. The molecule has 0 saturated heterocycles. The average Bonchev–Trinajstić information content (AvgIpc) is 2.82. The van der Waals surface area contributed by atoms with E-state index in [4.69, 9.17) is 21.1 Å². The lowest BCUT2D eigenvalue weighted by molar-refractivity contribution is -0.140. The Morgan fingerprint density at radius 2 is 1.71 bits per heavy atom. The molecule has 0 spiro atoms. The first-order chi connectivity index (χ1) is 16.5. The Morgan fingerprint density at radius 1 is 1.06 bits per heavy atom. The number of anilines is 1. The van der Waals surface area contributed by atoms with Gasteiger partial charge in [-0.1, -0.05) is 30.7 Å². The SMILES string of the molecule is CCNC(=O)[C@H](CC)N(Cc1ccc(Cl)cc1)C(=O)CN(c1ccc(OC)cc1OC)S(C)(=O)=O. The van der Waals surface area contributed by atoms with Gasteiger partial charge in [-0.2, -0.15) is 0 Å². The standard InChI is InChI=1S/C24H32ClN3O6S/c1-6-20(24(30)26-7-2)27(15-17-8-10-18(25)11-9-17)23(29)16-28(35(5,31)32)21-13-12-19(33-3)14-22(21)34-4/h8-14,20H,6-7,15-16H2,1-5H3,(H,26,30)/t20-/m0/s1. The molecular formula is C24H32ClN3O6S. The van der Waals surface area contributed by atoms with Crippen LogP contribution in [0, 0.1) is 0 Å². The van der Waals surface area contributed by atoms with E-state index in [1.54, 1.807) is 44.2 Å². The summed E-state index contributed by atoms with van der Waals surface area (Å²) in [5.41, 5.74) is 0.931. The summed E-state index contributed by atoms with van der Waals surface area (Å²) in [7, 11) is -1.02. The molecule has 0 heterocycles. The molecule has 11 heteroatoms. The monoisotopic (exact) mass is 525 g/mol. The molecule has 0 aliphatic carbocycles. The predicted molar refractivity (Wildman–Crippen MR) is 137 cm³/mol. The average molecular weight is 526 g/mol. The van der Waals surface area contributed by atoms with Gasteiger partial charge in [0.2, 0.25) is 21.8 Å². The van der Waals surface area contributed by atoms with E-state index < -0.39 is 28.5 Å². The largest absolute Gasteiger partial charge is 0.497 e. The number of hydrogen-bond donors (Lipinski definition) is 1. The summed E-state index contributed by atoms with van der Waals surface area (Å²) in [6, 6.07) is 10.7. The first-order valence-corrected chi connectivity index (χ1v) is 13.3. The minimum atomic E-state index is -3.89. The highest BCUT2D eigenvalue weighted by atomic mass is 35.5. The van der Waals surface area contributed by atoms with Crippen molar-refractivity contribution in [1.29, 1.82) is 0 Å². The van der Waals surface area contributed by atoms with Crippen LogP contribution in [0.2, 0.25) is 5.02 Å². The van der Waals surface area contributed by atoms with Crippen LogP contribution in [0.1, 0.15) is 25.8 Å². The minimum Gasteiger partial charge on any atom is -0.497 e. The van der Waals surface area contributed by atoms with Gasteiger partial charge in [-0.3, -0.25) is 13.9 Å². The second-order valence-electron chi connectivity index (χ2n) is 7.77. The Labute approximate surface area is 212 Å². The molecule has 0 unspecified atom stereocenters. The third-order valence-corrected chi connectivity index (χ3v) is 6.72. The fraction of sp³-hybridized carbons (Fsp3) is 0.417. The van der Waals surface area contributed by atoms with Crippen LogP contribution in [-0.2, 0) is 26.2 Å². The van der Waals surface area contributed by atoms with Crippen molar-refractivity contribution < 1.29 is 27.5 Å². The van der Waals surface area contributed by atoms with Gasteiger partial charge in [0.1, 0.15) is 24.1 Å². The van der Waals surface area contributed by atoms with Crippen molar-refractivity contribution >= 4 is 39.1 Å². The number of amides is 2. The Kier molecular flexibility index (Phi) is 10.2. The Balaban J connectivity index is 2.49. The van der Waals surface area contributed by atoms with E-state index in [9.17, 15) is 18.0 Å². The molecule has 0 fully saturated rings. The number of rotatable bonds is 12. The van der Waals surface area contributed by atoms with Crippen LogP contribution in [0.4, 0.5) is 5.69 Å². The second kappa shape index (κ2) is 12.6. The van der Waals surface area contributed by atoms with Crippen molar-refractivity contribution in [3.63, 3.8) is 0 Å². The summed E-state index contributed by atoms with van der Waals surface area (Å²) >= 11 is 5.99. The third kappa shape index (κ3) is 7.50. The molecule has 1 atom stereocenters. The van der Waals surface area contributed by atoms with Crippen LogP contribution < -0.4 is 19.1 Å². The smallest absolute Gasteiger partial charge is 0.244 e. The maximum Gasteiger partial charge on any atom is 0.244 e. The first-order valence-electron chi connectivity index (χ1n) is 11.1. The van der Waals surface area contributed by atoms with Gasteiger partial charge < -0.3 is 19.7 Å². The van der Waals surface area contributed by atoms with Gasteiger partial charge in [-0.15, -0.1) is 0 Å². The lowest BCUT2D eigenvalue weighted by Crippen LogP contribution is -2.52. The molecule has 192 valence electrons. The van der Waals surface area contributed by atoms with E-state index >= 15 is 0 Å². The number of sulfonamides is 1. The van der Waals surface area contributed by atoms with Crippen molar-refractivity contribution in [2.24, 2.45) is 0 Å². The van der Waals surface area contributed by atoms with Crippen molar-refractivity contribution in [2.45, 2.75) is 32.9 Å². The van der Waals surface area contributed by atoms with E-state index in [0.29, 0.717) is 23.7 Å². The number of halogens is 1. The van der Waals surface area contributed by atoms with Gasteiger partial charge in [0.05, 0.1) is 26.2 Å². The summed E-state index contributed by atoms with van der Waals surface area (Å²) in [5, 5.41) is 3.29. The second-order valence-corrected chi connectivity index (χ2v) is 10.1. The topological polar surface area (TPSA) is 105 Å². The van der Waals surface area contributed by atoms with Crippen molar-refractivity contribution in [3.8, 4) is 11.5 Å². The number of likely N-dealkylation sites (N-methyl/N-ethyl adjacent to an activating group) is 1. The summed E-state index contributed by atoms with van der Waals surface area (Å²) in [6.07, 6.45) is 1.35. The quantitative estimate of drug-likeness (QED) is 0.456. The molecule has 35 heavy (non-hydrogen) atoms. The highest BCUT2D eigenvalue weighted by Crippen LogP contribution is 2.33. The molecule has 2 amide bonds. The van der Waals surface area contributed by atoms with Crippen molar-refractivity contribution in [3.05, 3.63) is 53.1 Å². The number of carbonyl (C=O) groups is 2. The van der Waals surface area contributed by atoms with Gasteiger partial charge in [0, 0.05) is 24.2 Å². The highest BCUT2D eigenvalue weighted by molar-refractivity contribution is 7.92.